The number of hydrogen-bond acceptors (Lipinski definition) is 4. The van der Waals surface area contributed by atoms with E-state index in [9.17, 15) is 4.79 Å². The van der Waals surface area contributed by atoms with Crippen LogP contribution in [0.5, 0.6) is 0 Å². The Morgan fingerprint density at radius 3 is 2.35 bits per heavy atom. The molecule has 0 aromatic carbocycles. The Morgan fingerprint density at radius 1 is 1.13 bits per heavy atom. The first-order valence-electron chi connectivity index (χ1n) is 7.88. The molecule has 1 N–H and O–H groups in total. The van der Waals surface area contributed by atoms with E-state index in [0.717, 1.165) is 63.4 Å². The first-order chi connectivity index (χ1) is 10.2. The minimum atomic E-state index is 0. The van der Waals surface area contributed by atoms with Gasteiger partial charge in [-0.1, -0.05) is 0 Å². The fourth-order valence-corrected chi connectivity index (χ4v) is 3.08. The van der Waals surface area contributed by atoms with E-state index in [-0.39, 0.29) is 30.7 Å². The Morgan fingerprint density at radius 2 is 1.78 bits per heavy atom. The van der Waals surface area contributed by atoms with E-state index in [1.54, 1.807) is 6.20 Å². The predicted octanol–water partition coefficient (Wildman–Crippen LogP) is 1.78. The van der Waals surface area contributed by atoms with Crippen molar-refractivity contribution >= 4 is 30.7 Å². The van der Waals surface area contributed by atoms with Gasteiger partial charge in [-0.05, 0) is 45.1 Å². The number of carbonyl (C=O) groups is 1. The quantitative estimate of drug-likeness (QED) is 0.873. The summed E-state index contributed by atoms with van der Waals surface area (Å²) in [5, 5.41) is 3.37. The first kappa shape index (κ1) is 20.2. The fraction of sp³-hybridized carbons (Fsp3) is 0.625. The van der Waals surface area contributed by atoms with Crippen molar-refractivity contribution in [3.8, 4) is 0 Å². The van der Waals surface area contributed by atoms with Crippen LogP contribution in [0.2, 0.25) is 0 Å². The molecule has 130 valence electrons. The molecule has 0 aliphatic carbocycles. The highest BCUT2D eigenvalue weighted by Crippen LogP contribution is 2.23. The van der Waals surface area contributed by atoms with Gasteiger partial charge in [0.05, 0.1) is 5.56 Å². The van der Waals surface area contributed by atoms with E-state index in [2.05, 4.69) is 22.2 Å². The molecule has 1 aromatic rings. The van der Waals surface area contributed by atoms with Gasteiger partial charge in [0.1, 0.15) is 0 Å². The SMILES string of the molecule is CN1CCN(C(=O)c2ccc(C3CCNCC3)nc2)CC1.Cl.Cl. The third-order valence-electron chi connectivity index (χ3n) is 4.58. The summed E-state index contributed by atoms with van der Waals surface area (Å²) in [7, 11) is 2.09. The smallest absolute Gasteiger partial charge is 0.255 e. The summed E-state index contributed by atoms with van der Waals surface area (Å²) in [6.45, 7) is 5.65. The molecule has 3 heterocycles. The summed E-state index contributed by atoms with van der Waals surface area (Å²) in [6.07, 6.45) is 4.04. The molecule has 2 aliphatic rings. The van der Waals surface area contributed by atoms with Gasteiger partial charge in [0.25, 0.3) is 5.91 Å². The third kappa shape index (κ3) is 5.05. The lowest BCUT2D eigenvalue weighted by molar-refractivity contribution is 0.0663. The van der Waals surface area contributed by atoms with Crippen molar-refractivity contribution in [1.82, 2.24) is 20.1 Å². The highest BCUT2D eigenvalue weighted by atomic mass is 35.5. The van der Waals surface area contributed by atoms with Crippen LogP contribution in [0, 0.1) is 0 Å². The van der Waals surface area contributed by atoms with Crippen molar-refractivity contribution in [3.05, 3.63) is 29.6 Å². The van der Waals surface area contributed by atoms with Crippen LogP contribution in [-0.4, -0.2) is 67.0 Å². The number of hydrogen-bond donors (Lipinski definition) is 1. The van der Waals surface area contributed by atoms with Crippen LogP contribution in [0.3, 0.4) is 0 Å². The van der Waals surface area contributed by atoms with Crippen LogP contribution >= 0.6 is 24.8 Å². The molecule has 0 radical (unpaired) electrons. The van der Waals surface area contributed by atoms with Gasteiger partial charge in [-0.3, -0.25) is 9.78 Å². The number of nitrogens with one attached hydrogen (secondary N) is 1. The third-order valence-corrected chi connectivity index (χ3v) is 4.58. The average Bonchev–Trinajstić information content (AvgIpc) is 2.56. The molecule has 7 heteroatoms. The van der Waals surface area contributed by atoms with Crippen LogP contribution in [0.1, 0.15) is 34.8 Å². The summed E-state index contributed by atoms with van der Waals surface area (Å²) in [5.74, 6) is 0.659. The van der Waals surface area contributed by atoms with E-state index >= 15 is 0 Å². The van der Waals surface area contributed by atoms with Crippen LogP contribution in [0.15, 0.2) is 18.3 Å². The van der Waals surface area contributed by atoms with Crippen molar-refractivity contribution in [2.24, 2.45) is 0 Å². The Balaban J connectivity index is 0.00000132. The van der Waals surface area contributed by atoms with Crippen LogP contribution in [0.4, 0.5) is 0 Å². The molecule has 3 rings (SSSR count). The highest BCUT2D eigenvalue weighted by Gasteiger charge is 2.21. The molecule has 0 saturated carbocycles. The number of amides is 1. The highest BCUT2D eigenvalue weighted by molar-refractivity contribution is 5.94. The Bertz CT molecular complexity index is 483. The number of piperazine rings is 1. The molecular formula is C16H26Cl2N4O. The van der Waals surface area contributed by atoms with Crippen molar-refractivity contribution in [3.63, 3.8) is 0 Å². The largest absolute Gasteiger partial charge is 0.336 e. The van der Waals surface area contributed by atoms with Gasteiger partial charge in [0, 0.05) is 44.0 Å². The van der Waals surface area contributed by atoms with Gasteiger partial charge < -0.3 is 15.1 Å². The zero-order valence-corrected chi connectivity index (χ0v) is 15.2. The number of rotatable bonds is 2. The first-order valence-corrected chi connectivity index (χ1v) is 7.88. The Kier molecular flexibility index (Phi) is 8.26. The molecule has 2 fully saturated rings. The van der Waals surface area contributed by atoms with Crippen molar-refractivity contribution < 1.29 is 4.79 Å². The molecule has 0 unspecified atom stereocenters. The topological polar surface area (TPSA) is 48.5 Å². The maximum absolute atomic E-state index is 12.5. The maximum atomic E-state index is 12.5. The van der Waals surface area contributed by atoms with E-state index in [1.165, 1.54) is 0 Å². The van der Waals surface area contributed by atoms with Gasteiger partial charge in [-0.15, -0.1) is 24.8 Å². The monoisotopic (exact) mass is 360 g/mol. The second-order valence-corrected chi connectivity index (χ2v) is 6.09. The molecule has 5 nitrogen and oxygen atoms in total. The molecule has 23 heavy (non-hydrogen) atoms. The standard InChI is InChI=1S/C16H24N4O.2ClH/c1-19-8-10-20(11-9-19)16(21)14-2-3-15(18-12-14)13-4-6-17-7-5-13;;/h2-3,12-13,17H,4-11H2,1H3;2*1H. The molecular weight excluding hydrogens is 335 g/mol. The maximum Gasteiger partial charge on any atom is 0.255 e. The van der Waals surface area contributed by atoms with Crippen molar-refractivity contribution in [1.29, 1.82) is 0 Å². The lowest BCUT2D eigenvalue weighted by atomic mass is 9.94. The minimum Gasteiger partial charge on any atom is -0.336 e. The van der Waals surface area contributed by atoms with E-state index < -0.39 is 0 Å². The van der Waals surface area contributed by atoms with Crippen molar-refractivity contribution in [2.75, 3.05) is 46.3 Å². The minimum absolute atomic E-state index is 0. The van der Waals surface area contributed by atoms with Gasteiger partial charge in [-0.2, -0.15) is 0 Å². The van der Waals surface area contributed by atoms with Crippen molar-refractivity contribution in [2.45, 2.75) is 18.8 Å². The number of halogens is 2. The predicted molar refractivity (Wildman–Crippen MR) is 97.0 cm³/mol. The molecule has 0 spiro atoms. The Labute approximate surface area is 150 Å². The summed E-state index contributed by atoms with van der Waals surface area (Å²) in [4.78, 5) is 21.2. The van der Waals surface area contributed by atoms with Gasteiger partial charge in [0.15, 0.2) is 0 Å². The molecule has 2 aliphatic heterocycles. The second kappa shape index (κ2) is 9.42. The Hall–Kier alpha value is -0.880. The van der Waals surface area contributed by atoms with Gasteiger partial charge in [-0.25, -0.2) is 0 Å². The summed E-state index contributed by atoms with van der Waals surface area (Å²) >= 11 is 0. The second-order valence-electron chi connectivity index (χ2n) is 6.09. The average molecular weight is 361 g/mol. The fourth-order valence-electron chi connectivity index (χ4n) is 3.08. The van der Waals surface area contributed by atoms with Crippen LogP contribution in [0.25, 0.3) is 0 Å². The number of nitrogens with zero attached hydrogens (tertiary/aromatic N) is 3. The van der Waals surface area contributed by atoms with E-state index in [4.69, 9.17) is 0 Å². The molecule has 0 atom stereocenters. The van der Waals surface area contributed by atoms with Crippen LogP contribution < -0.4 is 5.32 Å². The van der Waals surface area contributed by atoms with Crippen LogP contribution in [-0.2, 0) is 0 Å². The number of carbonyl (C=O) groups excluding carboxylic acids is 1. The summed E-state index contributed by atoms with van der Waals surface area (Å²) in [6, 6.07) is 3.99. The normalized spacial score (nSPS) is 19.6. The number of pyridine rings is 1. The van der Waals surface area contributed by atoms with Gasteiger partial charge in [0.2, 0.25) is 0 Å². The van der Waals surface area contributed by atoms with E-state index in [0.29, 0.717) is 5.92 Å². The van der Waals surface area contributed by atoms with E-state index in [1.807, 2.05) is 17.0 Å². The van der Waals surface area contributed by atoms with Gasteiger partial charge >= 0.3 is 0 Å². The molecule has 1 amide bonds. The number of aromatic nitrogens is 1. The molecule has 2 saturated heterocycles. The number of likely N-dealkylation sites (N-methyl/N-ethyl adjacent to an activating group) is 1. The lowest BCUT2D eigenvalue weighted by Gasteiger charge is -2.32. The lowest BCUT2D eigenvalue weighted by Crippen LogP contribution is -2.47. The summed E-state index contributed by atoms with van der Waals surface area (Å²) in [5.41, 5.74) is 1.85. The number of piperidine rings is 1. The molecule has 0 bridgehead atoms. The zero-order valence-electron chi connectivity index (χ0n) is 13.5. The zero-order chi connectivity index (χ0) is 14.7. The molecule has 1 aromatic heterocycles. The summed E-state index contributed by atoms with van der Waals surface area (Å²) < 4.78 is 0.